The molecule has 0 aromatic heterocycles. The second kappa shape index (κ2) is 10.9. The van der Waals surface area contributed by atoms with Crippen molar-refractivity contribution in [1.82, 2.24) is 0 Å². The molecule has 268 valence electrons. The second-order valence-corrected chi connectivity index (χ2v) is 14.2. The smallest absolute Gasteiger partial charge is 0.428 e. The van der Waals surface area contributed by atoms with E-state index in [1.165, 1.54) is 6.92 Å². The van der Waals surface area contributed by atoms with Gasteiger partial charge in [0, 0.05) is 16.4 Å². The minimum absolute atomic E-state index is 0.0513. The molecule has 46 heavy (non-hydrogen) atoms. The molecule has 4 bridgehead atoms. The molecular formula is C28H36F12O6. The Morgan fingerprint density at radius 2 is 1.00 bits per heavy atom. The van der Waals surface area contributed by atoms with E-state index in [1.54, 1.807) is 0 Å². The number of carbonyl (C=O) groups excluding carboxylic acids is 1. The molecule has 4 aliphatic rings. The highest BCUT2D eigenvalue weighted by Crippen LogP contribution is 2.73. The van der Waals surface area contributed by atoms with Gasteiger partial charge in [0.05, 0.1) is 24.4 Å². The summed E-state index contributed by atoms with van der Waals surface area (Å²) in [6.45, 7) is 4.77. The number of aliphatic hydroxyl groups is 2. The summed E-state index contributed by atoms with van der Waals surface area (Å²) in [6, 6.07) is 0. The van der Waals surface area contributed by atoms with E-state index in [-0.39, 0.29) is 44.1 Å². The molecule has 0 radical (unpaired) electrons. The molecule has 0 amide bonds. The normalized spacial score (nSPS) is 29.7. The molecular weight excluding hydrogens is 660 g/mol. The van der Waals surface area contributed by atoms with Crippen LogP contribution in [0.2, 0.25) is 0 Å². The van der Waals surface area contributed by atoms with E-state index >= 15 is 0 Å². The largest absolute Gasteiger partial charge is 0.456 e. The van der Waals surface area contributed by atoms with Gasteiger partial charge in [-0.25, -0.2) is 4.79 Å². The Kier molecular flexibility index (Phi) is 9.12. The summed E-state index contributed by atoms with van der Waals surface area (Å²) >= 11 is 0. The van der Waals surface area contributed by atoms with Gasteiger partial charge in [-0.1, -0.05) is 6.58 Å². The van der Waals surface area contributed by atoms with Crippen LogP contribution in [-0.2, 0) is 19.0 Å². The lowest BCUT2D eigenvalue weighted by molar-refractivity contribution is -0.392. The highest BCUT2D eigenvalue weighted by molar-refractivity contribution is 5.87. The minimum Gasteiger partial charge on any atom is -0.456 e. The van der Waals surface area contributed by atoms with E-state index in [9.17, 15) is 67.7 Å². The number of ether oxygens (including phenoxy) is 3. The van der Waals surface area contributed by atoms with E-state index in [4.69, 9.17) is 14.2 Å². The van der Waals surface area contributed by atoms with Crippen LogP contribution in [0.1, 0.15) is 73.1 Å². The fourth-order valence-electron chi connectivity index (χ4n) is 7.61. The van der Waals surface area contributed by atoms with Crippen molar-refractivity contribution in [3.05, 3.63) is 12.2 Å². The molecule has 0 spiro atoms. The Morgan fingerprint density at radius 3 is 1.28 bits per heavy atom. The summed E-state index contributed by atoms with van der Waals surface area (Å²) in [6.07, 6.45) is -25.4. The molecule has 2 atom stereocenters. The van der Waals surface area contributed by atoms with Crippen molar-refractivity contribution in [2.45, 2.75) is 126 Å². The predicted molar refractivity (Wildman–Crippen MR) is 134 cm³/mol. The standard InChI is InChI=1S/C28H36F12O6/c1-15(2)17(41)46-22-9-16-7-20(11-22,18(3,4)44-13-23(42,25(29,30)31)26(32,33)34)10-21(8-16,12-22)19(5,6)45-14-24(43,27(35,36)37)28(38,39)40/h16,42-43H,1,7-14H2,2-6H3. The third-order valence-corrected chi connectivity index (χ3v) is 10.4. The number of esters is 1. The second-order valence-electron chi connectivity index (χ2n) is 14.2. The molecule has 4 saturated carbocycles. The molecule has 2 unspecified atom stereocenters. The van der Waals surface area contributed by atoms with Crippen molar-refractivity contribution >= 4 is 5.97 Å². The van der Waals surface area contributed by atoms with Crippen LogP contribution in [0.4, 0.5) is 52.7 Å². The van der Waals surface area contributed by atoms with E-state index in [2.05, 4.69) is 6.58 Å². The van der Waals surface area contributed by atoms with Gasteiger partial charge in [-0.15, -0.1) is 0 Å². The van der Waals surface area contributed by atoms with Crippen molar-refractivity contribution in [2.75, 3.05) is 13.2 Å². The van der Waals surface area contributed by atoms with Gasteiger partial charge in [-0.3, -0.25) is 0 Å². The molecule has 18 heteroatoms. The van der Waals surface area contributed by atoms with Gasteiger partial charge in [0.15, 0.2) is 0 Å². The first-order chi connectivity index (χ1) is 20.1. The average Bonchev–Trinajstić information content (AvgIpc) is 2.81. The maximum atomic E-state index is 13.5. The number of hydrogen-bond acceptors (Lipinski definition) is 6. The summed E-state index contributed by atoms with van der Waals surface area (Å²) in [5.74, 6) is -1.50. The summed E-state index contributed by atoms with van der Waals surface area (Å²) in [7, 11) is 0. The monoisotopic (exact) mass is 696 g/mol. The summed E-state index contributed by atoms with van der Waals surface area (Å²) in [5, 5.41) is 19.5. The molecule has 6 nitrogen and oxygen atoms in total. The van der Waals surface area contributed by atoms with Crippen LogP contribution in [0.3, 0.4) is 0 Å². The van der Waals surface area contributed by atoms with Gasteiger partial charge in [-0.2, -0.15) is 52.7 Å². The maximum absolute atomic E-state index is 13.5. The first-order valence-electron chi connectivity index (χ1n) is 14.0. The van der Waals surface area contributed by atoms with Crippen molar-refractivity contribution in [2.24, 2.45) is 16.7 Å². The van der Waals surface area contributed by atoms with Crippen LogP contribution < -0.4 is 0 Å². The molecule has 0 aromatic rings. The predicted octanol–water partition coefficient (Wildman–Crippen LogP) is 7.12. The Bertz CT molecular complexity index is 1100. The van der Waals surface area contributed by atoms with Crippen LogP contribution in [-0.4, -0.2) is 82.1 Å². The third kappa shape index (κ3) is 6.12. The molecule has 0 saturated heterocycles. The molecule has 0 aliphatic heterocycles. The lowest BCUT2D eigenvalue weighted by Crippen LogP contribution is -2.72. The van der Waals surface area contributed by atoms with E-state index < -0.39 is 88.6 Å². The molecule has 4 rings (SSSR count). The molecule has 2 N–H and O–H groups in total. The van der Waals surface area contributed by atoms with Gasteiger partial charge in [-0.05, 0) is 79.1 Å². The Labute approximate surface area is 256 Å². The van der Waals surface area contributed by atoms with Gasteiger partial charge in [0.1, 0.15) is 5.60 Å². The summed E-state index contributed by atoms with van der Waals surface area (Å²) in [5.41, 5.74) is -19.2. The number of rotatable bonds is 10. The van der Waals surface area contributed by atoms with Gasteiger partial charge < -0.3 is 24.4 Å². The number of hydrogen-bond donors (Lipinski definition) is 2. The number of alkyl halides is 12. The van der Waals surface area contributed by atoms with Crippen molar-refractivity contribution < 1.29 is 81.9 Å². The summed E-state index contributed by atoms with van der Waals surface area (Å²) < 4.78 is 178. The van der Waals surface area contributed by atoms with Crippen LogP contribution in [0.25, 0.3) is 0 Å². The van der Waals surface area contributed by atoms with E-state index in [0.29, 0.717) is 0 Å². The quantitative estimate of drug-likeness (QED) is 0.144. The highest BCUT2D eigenvalue weighted by atomic mass is 19.4. The summed E-state index contributed by atoms with van der Waals surface area (Å²) in [4.78, 5) is 12.7. The molecule has 0 aromatic carbocycles. The SMILES string of the molecule is C=C(C)C(=O)OC12CC3CC(C(C)(C)OCC(O)(C(F)(F)F)C(F)(F)F)(C1)CC(C(C)(C)OCC(O)(C(F)(F)F)C(F)(F)F)(C3)C2. The fraction of sp³-hybridized carbons (Fsp3) is 0.893. The maximum Gasteiger partial charge on any atom is 0.428 e. The van der Waals surface area contributed by atoms with Gasteiger partial charge >= 0.3 is 30.7 Å². The number of carbonyl (C=O) groups is 1. The average molecular weight is 697 g/mol. The Morgan fingerprint density at radius 1 is 0.674 bits per heavy atom. The third-order valence-electron chi connectivity index (χ3n) is 10.4. The zero-order valence-corrected chi connectivity index (χ0v) is 25.5. The molecule has 4 aliphatic carbocycles. The first-order valence-corrected chi connectivity index (χ1v) is 14.0. The highest BCUT2D eigenvalue weighted by Gasteiger charge is 2.75. The number of halogens is 12. The van der Waals surface area contributed by atoms with E-state index in [1.807, 2.05) is 0 Å². The topological polar surface area (TPSA) is 85.2 Å². The first kappa shape index (κ1) is 38.7. The van der Waals surface area contributed by atoms with Crippen LogP contribution >= 0.6 is 0 Å². The van der Waals surface area contributed by atoms with Gasteiger partial charge in [0.25, 0.3) is 11.2 Å². The Hall–Kier alpha value is -1.79. The van der Waals surface area contributed by atoms with Crippen LogP contribution in [0, 0.1) is 16.7 Å². The van der Waals surface area contributed by atoms with Crippen molar-refractivity contribution in [1.29, 1.82) is 0 Å². The van der Waals surface area contributed by atoms with Crippen molar-refractivity contribution in [3.8, 4) is 0 Å². The molecule has 0 heterocycles. The van der Waals surface area contributed by atoms with Crippen LogP contribution in [0.5, 0.6) is 0 Å². The minimum atomic E-state index is -6.22. The van der Waals surface area contributed by atoms with E-state index in [0.717, 1.165) is 27.7 Å². The zero-order valence-electron chi connectivity index (χ0n) is 25.5. The Balaban J connectivity index is 2.10. The molecule has 4 fully saturated rings. The lowest BCUT2D eigenvalue weighted by Gasteiger charge is -2.71. The van der Waals surface area contributed by atoms with Crippen molar-refractivity contribution in [3.63, 3.8) is 0 Å². The lowest BCUT2D eigenvalue weighted by atomic mass is 9.37. The van der Waals surface area contributed by atoms with Crippen LogP contribution in [0.15, 0.2) is 12.2 Å². The zero-order chi connectivity index (χ0) is 36.0. The van der Waals surface area contributed by atoms with Gasteiger partial charge in [0.2, 0.25) is 0 Å². The fourth-order valence-corrected chi connectivity index (χ4v) is 7.61.